The van der Waals surface area contributed by atoms with E-state index in [0.717, 1.165) is 23.7 Å². The highest BCUT2D eigenvalue weighted by molar-refractivity contribution is 6.33. The lowest BCUT2D eigenvalue weighted by Gasteiger charge is -2.39. The van der Waals surface area contributed by atoms with Crippen molar-refractivity contribution in [2.75, 3.05) is 18.4 Å². The van der Waals surface area contributed by atoms with Gasteiger partial charge in [0.2, 0.25) is 0 Å². The molecule has 5 rings (SSSR count). The number of halogens is 2. The number of anilines is 1. The molecule has 0 amide bonds. The van der Waals surface area contributed by atoms with Gasteiger partial charge in [0.1, 0.15) is 11.6 Å². The summed E-state index contributed by atoms with van der Waals surface area (Å²) in [5, 5.41) is 12.7. The molecule has 3 aliphatic rings. The average molecular weight is 443 g/mol. The Kier molecular flexibility index (Phi) is 5.68. The zero-order valence-electron chi connectivity index (χ0n) is 18.5. The maximum Gasteiger partial charge on any atom is 0.148 e. The summed E-state index contributed by atoms with van der Waals surface area (Å²) in [6, 6.07) is 9.35. The molecule has 1 aliphatic heterocycles. The molecule has 1 aromatic carbocycles. The van der Waals surface area contributed by atoms with Gasteiger partial charge >= 0.3 is 0 Å². The molecule has 31 heavy (non-hydrogen) atoms. The van der Waals surface area contributed by atoms with Crippen LogP contribution in [-0.2, 0) is 0 Å². The van der Waals surface area contributed by atoms with Gasteiger partial charge in [-0.1, -0.05) is 25.4 Å². The van der Waals surface area contributed by atoms with Gasteiger partial charge in [0.25, 0.3) is 0 Å². The number of hydrogen-bond acceptors (Lipinski definition) is 4. The summed E-state index contributed by atoms with van der Waals surface area (Å²) >= 11 is 6.19. The first-order valence-electron chi connectivity index (χ1n) is 11.7. The molecular weight excluding hydrogens is 411 g/mol. The van der Waals surface area contributed by atoms with Crippen molar-refractivity contribution >= 4 is 17.4 Å². The van der Waals surface area contributed by atoms with Crippen LogP contribution < -0.4 is 5.32 Å². The minimum Gasteiger partial charge on any atom is -0.366 e. The van der Waals surface area contributed by atoms with Gasteiger partial charge in [0.05, 0.1) is 10.7 Å². The summed E-state index contributed by atoms with van der Waals surface area (Å²) in [5.41, 5.74) is 1.70. The van der Waals surface area contributed by atoms with Crippen molar-refractivity contribution in [2.45, 2.75) is 64.5 Å². The molecule has 1 saturated heterocycles. The van der Waals surface area contributed by atoms with Crippen molar-refractivity contribution in [1.82, 2.24) is 15.1 Å². The normalized spacial score (nSPS) is 28.6. The second-order valence-corrected chi connectivity index (χ2v) is 11.0. The Labute approximate surface area is 189 Å². The minimum atomic E-state index is -0.327. The summed E-state index contributed by atoms with van der Waals surface area (Å²) in [5.74, 6) is 2.05. The lowest BCUT2D eigenvalue weighted by Crippen LogP contribution is -2.39. The van der Waals surface area contributed by atoms with Crippen LogP contribution in [0.3, 0.4) is 0 Å². The van der Waals surface area contributed by atoms with Crippen LogP contribution in [0.15, 0.2) is 30.3 Å². The third kappa shape index (κ3) is 4.58. The van der Waals surface area contributed by atoms with Crippen LogP contribution in [0.1, 0.15) is 52.4 Å². The van der Waals surface area contributed by atoms with Crippen LogP contribution >= 0.6 is 11.6 Å². The van der Waals surface area contributed by atoms with E-state index in [-0.39, 0.29) is 5.82 Å². The molecule has 2 aliphatic carbocycles. The summed E-state index contributed by atoms with van der Waals surface area (Å²) < 4.78 is 13.6. The molecule has 3 atom stereocenters. The van der Waals surface area contributed by atoms with Crippen LogP contribution in [0.5, 0.6) is 0 Å². The predicted octanol–water partition coefficient (Wildman–Crippen LogP) is 6.03. The summed E-state index contributed by atoms with van der Waals surface area (Å²) in [6.07, 6.45) is 7.88. The third-order valence-corrected chi connectivity index (χ3v) is 8.15. The molecule has 1 aromatic heterocycles. The number of rotatable bonds is 4. The molecular formula is C25H32ClFN4. The molecule has 0 spiro atoms. The fourth-order valence-electron chi connectivity index (χ4n) is 5.96. The van der Waals surface area contributed by atoms with Gasteiger partial charge in [-0.25, -0.2) is 4.39 Å². The molecule has 0 unspecified atom stereocenters. The topological polar surface area (TPSA) is 41.0 Å². The highest BCUT2D eigenvalue weighted by Crippen LogP contribution is 2.43. The van der Waals surface area contributed by atoms with Crippen molar-refractivity contribution in [1.29, 1.82) is 0 Å². The van der Waals surface area contributed by atoms with Crippen LogP contribution in [0.25, 0.3) is 11.3 Å². The van der Waals surface area contributed by atoms with E-state index in [2.05, 4.69) is 34.3 Å². The number of aromatic nitrogens is 2. The molecule has 2 heterocycles. The fourth-order valence-corrected chi connectivity index (χ4v) is 6.17. The standard InChI is InChI=1S/C25H32ClFN4/c1-25(2)9-7-20(8-10-25)31-14-16-11-19(12-17(16)15-31)28-24-6-5-23(29-30-24)21-13-18(27)3-4-22(21)26/h3-6,13,16-17,19-20H,7-12,14-15H2,1-2H3,(H,28,30)/t16-,17+,19+. The first-order valence-corrected chi connectivity index (χ1v) is 12.0. The van der Waals surface area contributed by atoms with Gasteiger partial charge in [-0.05, 0) is 86.1 Å². The van der Waals surface area contributed by atoms with E-state index in [1.54, 1.807) is 6.07 Å². The largest absolute Gasteiger partial charge is 0.366 e. The molecule has 6 heteroatoms. The smallest absolute Gasteiger partial charge is 0.148 e. The first kappa shape index (κ1) is 21.1. The summed E-state index contributed by atoms with van der Waals surface area (Å²) in [4.78, 5) is 2.79. The number of nitrogens with one attached hydrogen (secondary N) is 1. The molecule has 2 saturated carbocycles. The van der Waals surface area contributed by atoms with Gasteiger partial charge in [0, 0.05) is 30.7 Å². The Bertz CT molecular complexity index is 908. The lowest BCUT2D eigenvalue weighted by molar-refractivity contribution is 0.119. The summed E-state index contributed by atoms with van der Waals surface area (Å²) in [7, 11) is 0. The van der Waals surface area contributed by atoms with E-state index in [1.807, 2.05) is 12.1 Å². The highest BCUT2D eigenvalue weighted by Gasteiger charge is 2.43. The van der Waals surface area contributed by atoms with E-state index < -0.39 is 0 Å². The van der Waals surface area contributed by atoms with Crippen molar-refractivity contribution in [3.8, 4) is 11.3 Å². The second-order valence-electron chi connectivity index (χ2n) is 10.6. The van der Waals surface area contributed by atoms with Crippen LogP contribution in [0.4, 0.5) is 10.2 Å². The molecule has 3 fully saturated rings. The molecule has 2 aromatic rings. The van der Waals surface area contributed by atoms with Crippen molar-refractivity contribution in [3.63, 3.8) is 0 Å². The maximum atomic E-state index is 13.6. The van der Waals surface area contributed by atoms with Crippen LogP contribution in [0.2, 0.25) is 5.02 Å². The van der Waals surface area contributed by atoms with E-state index in [9.17, 15) is 4.39 Å². The number of hydrogen-bond donors (Lipinski definition) is 1. The van der Waals surface area contributed by atoms with Gasteiger partial charge in [-0.15, -0.1) is 10.2 Å². The van der Waals surface area contributed by atoms with Gasteiger partial charge < -0.3 is 5.32 Å². The molecule has 4 nitrogen and oxygen atoms in total. The lowest BCUT2D eigenvalue weighted by atomic mass is 9.75. The molecule has 1 N–H and O–H groups in total. The van der Waals surface area contributed by atoms with Gasteiger partial charge in [-0.3, -0.25) is 4.90 Å². The van der Waals surface area contributed by atoms with E-state index in [0.29, 0.717) is 27.7 Å². The number of benzene rings is 1. The minimum absolute atomic E-state index is 0.327. The summed E-state index contributed by atoms with van der Waals surface area (Å²) in [6.45, 7) is 7.36. The average Bonchev–Trinajstić information content (AvgIpc) is 3.29. The molecule has 166 valence electrons. The zero-order valence-corrected chi connectivity index (χ0v) is 19.2. The first-order chi connectivity index (χ1) is 14.9. The molecule has 0 bridgehead atoms. The Balaban J connectivity index is 1.15. The SMILES string of the molecule is CC1(C)CCC(N2C[C@H]3C[C@H](Nc4ccc(-c5cc(F)ccc5Cl)nn4)C[C@H]3C2)CC1. The fraction of sp³-hybridized carbons (Fsp3) is 0.600. The highest BCUT2D eigenvalue weighted by atomic mass is 35.5. The quantitative estimate of drug-likeness (QED) is 0.627. The van der Waals surface area contributed by atoms with Crippen LogP contribution in [-0.4, -0.2) is 40.3 Å². The van der Waals surface area contributed by atoms with Crippen molar-refractivity contribution in [2.24, 2.45) is 17.3 Å². The zero-order chi connectivity index (χ0) is 21.6. The second kappa shape index (κ2) is 8.32. The predicted molar refractivity (Wildman–Crippen MR) is 124 cm³/mol. The Hall–Kier alpha value is -1.72. The van der Waals surface area contributed by atoms with E-state index in [4.69, 9.17) is 11.6 Å². The van der Waals surface area contributed by atoms with Crippen molar-refractivity contribution < 1.29 is 4.39 Å². The van der Waals surface area contributed by atoms with E-state index >= 15 is 0 Å². The number of likely N-dealkylation sites (tertiary alicyclic amines) is 1. The number of fused-ring (bicyclic) bond motifs is 1. The van der Waals surface area contributed by atoms with E-state index in [1.165, 1.54) is 63.7 Å². The van der Waals surface area contributed by atoms with Gasteiger partial charge in [0.15, 0.2) is 0 Å². The molecule has 0 radical (unpaired) electrons. The Morgan fingerprint density at radius 1 is 1.03 bits per heavy atom. The Morgan fingerprint density at radius 3 is 2.39 bits per heavy atom. The number of nitrogens with zero attached hydrogens (tertiary/aromatic N) is 3. The monoisotopic (exact) mass is 442 g/mol. The third-order valence-electron chi connectivity index (χ3n) is 7.83. The van der Waals surface area contributed by atoms with Crippen LogP contribution in [0, 0.1) is 23.1 Å². The Morgan fingerprint density at radius 2 is 1.74 bits per heavy atom. The van der Waals surface area contributed by atoms with Crippen molar-refractivity contribution in [3.05, 3.63) is 41.2 Å². The maximum absolute atomic E-state index is 13.6. The van der Waals surface area contributed by atoms with Gasteiger partial charge in [-0.2, -0.15) is 0 Å².